The van der Waals surface area contributed by atoms with Gasteiger partial charge in [0.25, 0.3) is 0 Å². The zero-order valence-electron chi connectivity index (χ0n) is 9.56. The second-order valence-corrected chi connectivity index (χ2v) is 3.76. The van der Waals surface area contributed by atoms with E-state index in [1.165, 1.54) is 0 Å². The van der Waals surface area contributed by atoms with Gasteiger partial charge in [0, 0.05) is 13.5 Å². The lowest BCUT2D eigenvalue weighted by molar-refractivity contribution is -0.136. The highest BCUT2D eigenvalue weighted by molar-refractivity contribution is 5.70. The number of nitrogens with zero attached hydrogens (tertiary/aromatic N) is 4. The second kappa shape index (κ2) is 3.62. The molecule has 0 unspecified atom stereocenters. The summed E-state index contributed by atoms with van der Waals surface area (Å²) in [5, 5.41) is 13.2. The first kappa shape index (κ1) is 10.7. The number of aryl methyl sites for hydroxylation is 3. The highest BCUT2D eigenvalue weighted by Gasteiger charge is 2.17. The van der Waals surface area contributed by atoms with Crippen LogP contribution in [0, 0.1) is 6.92 Å². The minimum atomic E-state index is -0.867. The topological polar surface area (TPSA) is 72.4 Å². The fraction of sp³-hybridized carbons (Fsp3) is 0.500. The third-order valence-electron chi connectivity index (χ3n) is 2.67. The van der Waals surface area contributed by atoms with Crippen molar-refractivity contribution in [3.8, 4) is 0 Å². The van der Waals surface area contributed by atoms with Crippen LogP contribution in [0.4, 0.5) is 0 Å². The Kier molecular flexibility index (Phi) is 2.41. The van der Waals surface area contributed by atoms with Crippen LogP contribution in [0.1, 0.15) is 24.1 Å². The number of aromatic nitrogens is 4. The molecule has 0 spiro atoms. The monoisotopic (exact) mass is 222 g/mol. The van der Waals surface area contributed by atoms with Crippen molar-refractivity contribution in [2.75, 3.05) is 0 Å². The first-order valence-electron chi connectivity index (χ1n) is 5.16. The summed E-state index contributed by atoms with van der Waals surface area (Å²) in [4.78, 5) is 15.1. The van der Waals surface area contributed by atoms with Crippen LogP contribution in [0.5, 0.6) is 0 Å². The Balaban J connectivity index is 2.63. The minimum Gasteiger partial charge on any atom is -0.481 e. The van der Waals surface area contributed by atoms with E-state index in [-0.39, 0.29) is 6.42 Å². The van der Waals surface area contributed by atoms with Crippen molar-refractivity contribution in [3.63, 3.8) is 0 Å². The fourth-order valence-electron chi connectivity index (χ4n) is 1.81. The number of carboxylic acid groups (broad SMARTS) is 1. The van der Waals surface area contributed by atoms with Crippen molar-refractivity contribution in [1.82, 2.24) is 19.2 Å². The molecule has 16 heavy (non-hydrogen) atoms. The van der Waals surface area contributed by atoms with Gasteiger partial charge in [0.15, 0.2) is 0 Å². The molecule has 2 rings (SSSR count). The lowest BCUT2D eigenvalue weighted by Crippen LogP contribution is -2.05. The molecule has 0 saturated carbocycles. The Hall–Kier alpha value is -1.85. The molecule has 6 nitrogen and oxygen atoms in total. The van der Waals surface area contributed by atoms with Gasteiger partial charge in [-0.15, -0.1) is 0 Å². The number of aliphatic carboxylic acids is 1. The van der Waals surface area contributed by atoms with Crippen molar-refractivity contribution < 1.29 is 9.90 Å². The van der Waals surface area contributed by atoms with Crippen LogP contribution in [-0.4, -0.2) is 30.2 Å². The number of imidazole rings is 1. The quantitative estimate of drug-likeness (QED) is 0.823. The molecule has 2 heterocycles. The first-order chi connectivity index (χ1) is 7.54. The molecule has 86 valence electrons. The van der Waals surface area contributed by atoms with Crippen LogP contribution in [0.15, 0.2) is 0 Å². The third-order valence-corrected chi connectivity index (χ3v) is 2.67. The zero-order valence-corrected chi connectivity index (χ0v) is 9.56. The molecule has 2 aromatic rings. The van der Waals surface area contributed by atoms with Crippen LogP contribution in [0.2, 0.25) is 0 Å². The van der Waals surface area contributed by atoms with Crippen molar-refractivity contribution in [2.24, 2.45) is 7.05 Å². The van der Waals surface area contributed by atoms with E-state index in [9.17, 15) is 4.79 Å². The Morgan fingerprint density at radius 3 is 2.75 bits per heavy atom. The summed E-state index contributed by atoms with van der Waals surface area (Å²) in [6.45, 7) is 3.81. The van der Waals surface area contributed by atoms with Crippen LogP contribution < -0.4 is 0 Å². The summed E-state index contributed by atoms with van der Waals surface area (Å²) in [5.41, 5.74) is 1.38. The molecule has 1 N–H and O–H groups in total. The molecule has 0 fully saturated rings. The highest BCUT2D eigenvalue weighted by Crippen LogP contribution is 2.13. The number of rotatable bonds is 3. The lowest BCUT2D eigenvalue weighted by atomic mass is 10.3. The fourth-order valence-corrected chi connectivity index (χ4v) is 1.81. The molecule has 0 radical (unpaired) electrons. The molecule has 0 aliphatic heterocycles. The summed E-state index contributed by atoms with van der Waals surface area (Å²) in [7, 11) is 1.89. The molecule has 0 amide bonds. The van der Waals surface area contributed by atoms with Gasteiger partial charge >= 0.3 is 5.97 Å². The molecule has 0 bridgehead atoms. The van der Waals surface area contributed by atoms with E-state index in [1.807, 2.05) is 18.5 Å². The van der Waals surface area contributed by atoms with E-state index in [1.54, 1.807) is 11.4 Å². The van der Waals surface area contributed by atoms with E-state index in [0.29, 0.717) is 11.5 Å². The van der Waals surface area contributed by atoms with E-state index in [2.05, 4.69) is 10.1 Å². The third kappa shape index (κ3) is 1.46. The van der Waals surface area contributed by atoms with Gasteiger partial charge in [-0.3, -0.25) is 4.79 Å². The second-order valence-electron chi connectivity index (χ2n) is 3.76. The first-order valence-corrected chi connectivity index (χ1v) is 5.16. The van der Waals surface area contributed by atoms with Crippen molar-refractivity contribution in [1.29, 1.82) is 0 Å². The molecular weight excluding hydrogens is 208 g/mol. The lowest BCUT2D eigenvalue weighted by Gasteiger charge is -1.95. The van der Waals surface area contributed by atoms with Crippen molar-refractivity contribution in [3.05, 3.63) is 17.2 Å². The molecule has 0 aliphatic carbocycles. The van der Waals surface area contributed by atoms with Gasteiger partial charge < -0.3 is 9.67 Å². The predicted molar refractivity (Wildman–Crippen MR) is 57.4 cm³/mol. The van der Waals surface area contributed by atoms with Gasteiger partial charge in [0.1, 0.15) is 5.82 Å². The standard InChI is InChI=1S/C10H14N4O2/c1-4-8-12-14-7(5-9(15)16)6(2)11-10(14)13(8)3/h4-5H2,1-3H3,(H,15,16). The Bertz CT molecular complexity index is 553. The number of carboxylic acids is 1. The summed E-state index contributed by atoms with van der Waals surface area (Å²) in [6, 6.07) is 0. The van der Waals surface area contributed by atoms with Gasteiger partial charge in [0.2, 0.25) is 5.78 Å². The maximum absolute atomic E-state index is 10.7. The van der Waals surface area contributed by atoms with Gasteiger partial charge in [-0.05, 0) is 6.92 Å². The van der Waals surface area contributed by atoms with Gasteiger partial charge in [-0.2, -0.15) is 5.10 Å². The molecule has 2 aromatic heterocycles. The number of hydrogen-bond donors (Lipinski definition) is 1. The Morgan fingerprint density at radius 1 is 1.50 bits per heavy atom. The predicted octanol–water partition coefficient (Wildman–Crippen LogP) is 0.566. The largest absolute Gasteiger partial charge is 0.481 e. The number of hydrogen-bond acceptors (Lipinski definition) is 3. The van der Waals surface area contributed by atoms with E-state index < -0.39 is 5.97 Å². The molecule has 0 atom stereocenters. The zero-order chi connectivity index (χ0) is 11.9. The SMILES string of the molecule is CCc1nn2c(CC(=O)O)c(C)nc2n1C. The normalized spacial score (nSPS) is 11.2. The smallest absolute Gasteiger partial charge is 0.309 e. The summed E-state index contributed by atoms with van der Waals surface area (Å²) < 4.78 is 3.51. The van der Waals surface area contributed by atoms with Gasteiger partial charge in [0.05, 0.1) is 17.8 Å². The average Bonchev–Trinajstić information content (AvgIpc) is 2.67. The average molecular weight is 222 g/mol. The summed E-state index contributed by atoms with van der Waals surface area (Å²) in [5.74, 6) is 0.730. The molecule has 0 saturated heterocycles. The van der Waals surface area contributed by atoms with Crippen LogP contribution in [0.25, 0.3) is 5.78 Å². The number of carbonyl (C=O) groups is 1. The van der Waals surface area contributed by atoms with E-state index in [4.69, 9.17) is 5.11 Å². The van der Waals surface area contributed by atoms with Crippen molar-refractivity contribution in [2.45, 2.75) is 26.7 Å². The highest BCUT2D eigenvalue weighted by atomic mass is 16.4. The maximum Gasteiger partial charge on any atom is 0.309 e. The molecular formula is C10H14N4O2. The van der Waals surface area contributed by atoms with E-state index >= 15 is 0 Å². The van der Waals surface area contributed by atoms with Crippen LogP contribution in [-0.2, 0) is 24.7 Å². The van der Waals surface area contributed by atoms with Crippen LogP contribution in [0.3, 0.4) is 0 Å². The molecule has 6 heteroatoms. The molecule has 0 aliphatic rings. The number of fused-ring (bicyclic) bond motifs is 1. The Labute approximate surface area is 92.5 Å². The summed E-state index contributed by atoms with van der Waals surface area (Å²) in [6.07, 6.45) is 0.749. The van der Waals surface area contributed by atoms with Gasteiger partial charge in [-0.25, -0.2) is 9.50 Å². The molecule has 0 aromatic carbocycles. The van der Waals surface area contributed by atoms with E-state index in [0.717, 1.165) is 17.9 Å². The van der Waals surface area contributed by atoms with Crippen molar-refractivity contribution >= 4 is 11.7 Å². The van der Waals surface area contributed by atoms with Crippen LogP contribution >= 0.6 is 0 Å². The van der Waals surface area contributed by atoms with Gasteiger partial charge in [-0.1, -0.05) is 6.92 Å². The summed E-state index contributed by atoms with van der Waals surface area (Å²) >= 11 is 0. The Morgan fingerprint density at radius 2 is 2.19 bits per heavy atom. The maximum atomic E-state index is 10.7. The minimum absolute atomic E-state index is 0.0484.